The maximum Gasteiger partial charge on any atom is 0.319 e. The number of nitrogens with two attached hydrogens (primary N) is 1. The summed E-state index contributed by atoms with van der Waals surface area (Å²) in [7, 11) is 0. The highest BCUT2D eigenvalue weighted by atomic mass is 16.2. The molecular weight excluding hydrogens is 280 g/mol. The third kappa shape index (κ3) is 3.98. The first-order chi connectivity index (χ1) is 10.7. The minimum absolute atomic E-state index is 0.0438. The SMILES string of the molecule is NCC(NC(=O)c1cccc(NC(=O)NC2CC2)c1)C1CC1. The molecule has 3 rings (SSSR count). The number of urea groups is 1. The maximum atomic E-state index is 12.3. The molecule has 0 heterocycles. The number of amides is 3. The molecule has 2 aliphatic rings. The number of rotatable bonds is 6. The summed E-state index contributed by atoms with van der Waals surface area (Å²) in [6, 6.07) is 7.07. The lowest BCUT2D eigenvalue weighted by atomic mass is 10.1. The Morgan fingerprint density at radius 3 is 2.64 bits per heavy atom. The molecule has 2 aliphatic carbocycles. The van der Waals surface area contributed by atoms with Crippen molar-refractivity contribution >= 4 is 17.6 Å². The fourth-order valence-corrected chi connectivity index (χ4v) is 2.44. The van der Waals surface area contributed by atoms with Crippen LogP contribution in [-0.4, -0.2) is 30.6 Å². The Hall–Kier alpha value is -2.08. The number of carbonyl (C=O) groups excluding carboxylic acids is 2. The van der Waals surface area contributed by atoms with E-state index >= 15 is 0 Å². The Kier molecular flexibility index (Phi) is 4.29. The van der Waals surface area contributed by atoms with Crippen molar-refractivity contribution in [2.24, 2.45) is 11.7 Å². The lowest BCUT2D eigenvalue weighted by Gasteiger charge is -2.16. The Morgan fingerprint density at radius 1 is 1.23 bits per heavy atom. The Balaban J connectivity index is 1.59. The van der Waals surface area contributed by atoms with E-state index in [1.165, 1.54) is 0 Å². The Morgan fingerprint density at radius 2 is 2.00 bits per heavy atom. The molecule has 1 unspecified atom stereocenters. The first-order valence-corrected chi connectivity index (χ1v) is 7.84. The summed E-state index contributed by atoms with van der Waals surface area (Å²) in [6.45, 7) is 0.456. The van der Waals surface area contributed by atoms with Crippen LogP contribution in [0, 0.1) is 5.92 Å². The second kappa shape index (κ2) is 6.36. The van der Waals surface area contributed by atoms with Gasteiger partial charge in [0.1, 0.15) is 0 Å². The van der Waals surface area contributed by atoms with Crippen molar-refractivity contribution in [3.05, 3.63) is 29.8 Å². The molecule has 2 saturated carbocycles. The molecule has 22 heavy (non-hydrogen) atoms. The molecule has 0 aromatic heterocycles. The molecule has 1 atom stereocenters. The topological polar surface area (TPSA) is 96.2 Å². The molecule has 1 aromatic carbocycles. The van der Waals surface area contributed by atoms with Crippen molar-refractivity contribution in [2.45, 2.75) is 37.8 Å². The number of carbonyl (C=O) groups is 2. The molecule has 0 aliphatic heterocycles. The third-order valence-electron chi connectivity index (χ3n) is 4.06. The zero-order chi connectivity index (χ0) is 15.5. The van der Waals surface area contributed by atoms with Crippen molar-refractivity contribution in [3.63, 3.8) is 0 Å². The normalized spacial score (nSPS) is 18.4. The predicted octanol–water partition coefficient (Wildman–Crippen LogP) is 1.44. The number of anilines is 1. The van der Waals surface area contributed by atoms with Gasteiger partial charge in [-0.1, -0.05) is 6.07 Å². The van der Waals surface area contributed by atoms with Crippen molar-refractivity contribution < 1.29 is 9.59 Å². The van der Waals surface area contributed by atoms with Gasteiger partial charge in [0.2, 0.25) is 0 Å². The van der Waals surface area contributed by atoms with Gasteiger partial charge in [0, 0.05) is 29.9 Å². The summed E-state index contributed by atoms with van der Waals surface area (Å²) in [4.78, 5) is 24.0. The summed E-state index contributed by atoms with van der Waals surface area (Å²) in [6.07, 6.45) is 4.34. The summed E-state index contributed by atoms with van der Waals surface area (Å²) in [5.41, 5.74) is 6.85. The van der Waals surface area contributed by atoms with Crippen LogP contribution in [-0.2, 0) is 0 Å². The van der Waals surface area contributed by atoms with E-state index < -0.39 is 0 Å². The molecule has 2 fully saturated rings. The second-order valence-corrected chi connectivity index (χ2v) is 6.11. The molecule has 118 valence electrons. The summed E-state index contributed by atoms with van der Waals surface area (Å²) in [5, 5.41) is 8.58. The van der Waals surface area contributed by atoms with Gasteiger partial charge in [-0.15, -0.1) is 0 Å². The van der Waals surface area contributed by atoms with Gasteiger partial charge in [-0.3, -0.25) is 4.79 Å². The second-order valence-electron chi connectivity index (χ2n) is 6.11. The average Bonchev–Trinajstić information content (AvgIpc) is 3.38. The number of benzene rings is 1. The maximum absolute atomic E-state index is 12.3. The van der Waals surface area contributed by atoms with Gasteiger partial charge in [0.15, 0.2) is 0 Å². The molecule has 5 N–H and O–H groups in total. The first kappa shape index (κ1) is 14.8. The zero-order valence-electron chi connectivity index (χ0n) is 12.5. The van der Waals surface area contributed by atoms with Crippen LogP contribution >= 0.6 is 0 Å². The lowest BCUT2D eigenvalue weighted by Crippen LogP contribution is -2.41. The molecule has 0 radical (unpaired) electrons. The van der Waals surface area contributed by atoms with E-state index in [1.54, 1.807) is 24.3 Å². The van der Waals surface area contributed by atoms with Crippen LogP contribution in [0.15, 0.2) is 24.3 Å². The fraction of sp³-hybridized carbons (Fsp3) is 0.500. The fourth-order valence-electron chi connectivity index (χ4n) is 2.44. The Bertz CT molecular complexity index is 567. The quantitative estimate of drug-likeness (QED) is 0.640. The van der Waals surface area contributed by atoms with Crippen LogP contribution in [0.2, 0.25) is 0 Å². The van der Waals surface area contributed by atoms with Gasteiger partial charge in [-0.25, -0.2) is 4.79 Å². The molecule has 3 amide bonds. The highest BCUT2D eigenvalue weighted by Crippen LogP contribution is 2.32. The van der Waals surface area contributed by atoms with Gasteiger partial charge >= 0.3 is 6.03 Å². The van der Waals surface area contributed by atoms with Crippen molar-refractivity contribution in [2.75, 3.05) is 11.9 Å². The molecule has 0 bridgehead atoms. The third-order valence-corrected chi connectivity index (χ3v) is 4.06. The van der Waals surface area contributed by atoms with E-state index in [4.69, 9.17) is 5.73 Å². The van der Waals surface area contributed by atoms with Crippen molar-refractivity contribution in [1.82, 2.24) is 10.6 Å². The van der Waals surface area contributed by atoms with Crippen molar-refractivity contribution in [3.8, 4) is 0 Å². The van der Waals surface area contributed by atoms with Crippen LogP contribution in [0.3, 0.4) is 0 Å². The van der Waals surface area contributed by atoms with E-state index in [0.29, 0.717) is 29.8 Å². The average molecular weight is 302 g/mol. The largest absolute Gasteiger partial charge is 0.348 e. The van der Waals surface area contributed by atoms with Gasteiger partial charge < -0.3 is 21.7 Å². The van der Waals surface area contributed by atoms with E-state index in [1.807, 2.05) is 0 Å². The smallest absolute Gasteiger partial charge is 0.319 e. The predicted molar refractivity (Wildman–Crippen MR) is 84.7 cm³/mol. The minimum Gasteiger partial charge on any atom is -0.348 e. The molecule has 0 spiro atoms. The molecule has 0 saturated heterocycles. The van der Waals surface area contributed by atoms with Crippen LogP contribution in [0.5, 0.6) is 0 Å². The minimum atomic E-state index is -0.224. The van der Waals surface area contributed by atoms with E-state index in [0.717, 1.165) is 25.7 Å². The van der Waals surface area contributed by atoms with E-state index in [2.05, 4.69) is 16.0 Å². The van der Waals surface area contributed by atoms with Gasteiger partial charge in [0.05, 0.1) is 0 Å². The van der Waals surface area contributed by atoms with E-state index in [-0.39, 0.29) is 18.0 Å². The molecule has 6 heteroatoms. The molecular formula is C16H22N4O2. The van der Waals surface area contributed by atoms with Gasteiger partial charge in [0.25, 0.3) is 5.91 Å². The van der Waals surface area contributed by atoms with Gasteiger partial charge in [-0.2, -0.15) is 0 Å². The standard InChI is InChI=1S/C16H22N4O2/c17-9-14(10-4-5-10)20-15(21)11-2-1-3-13(8-11)19-16(22)18-12-6-7-12/h1-3,8,10,12,14H,4-7,9,17H2,(H,20,21)(H2,18,19,22). The van der Waals surface area contributed by atoms with Gasteiger partial charge in [-0.05, 0) is 49.8 Å². The number of nitrogens with one attached hydrogen (secondary N) is 3. The van der Waals surface area contributed by atoms with E-state index in [9.17, 15) is 9.59 Å². The number of hydrogen-bond acceptors (Lipinski definition) is 3. The summed E-state index contributed by atoms with van der Waals surface area (Å²) in [5.74, 6) is 0.369. The highest BCUT2D eigenvalue weighted by molar-refractivity contribution is 5.97. The molecule has 6 nitrogen and oxygen atoms in total. The van der Waals surface area contributed by atoms with Crippen LogP contribution in [0.4, 0.5) is 10.5 Å². The Labute approximate surface area is 129 Å². The summed E-state index contributed by atoms with van der Waals surface area (Å²) >= 11 is 0. The van der Waals surface area contributed by atoms with Crippen LogP contribution in [0.1, 0.15) is 36.0 Å². The first-order valence-electron chi connectivity index (χ1n) is 7.84. The zero-order valence-corrected chi connectivity index (χ0v) is 12.5. The molecule has 1 aromatic rings. The highest BCUT2D eigenvalue weighted by Gasteiger charge is 2.31. The number of hydrogen-bond donors (Lipinski definition) is 4. The summed E-state index contributed by atoms with van der Waals surface area (Å²) < 4.78 is 0. The monoisotopic (exact) mass is 302 g/mol. The van der Waals surface area contributed by atoms with Crippen molar-refractivity contribution in [1.29, 1.82) is 0 Å². The van der Waals surface area contributed by atoms with Crippen LogP contribution in [0.25, 0.3) is 0 Å². The van der Waals surface area contributed by atoms with Crippen LogP contribution < -0.4 is 21.7 Å². The lowest BCUT2D eigenvalue weighted by molar-refractivity contribution is 0.0933.